The van der Waals surface area contributed by atoms with Gasteiger partial charge >= 0.3 is 0 Å². The minimum atomic E-state index is -0.0452. The van der Waals surface area contributed by atoms with Crippen molar-refractivity contribution in [3.63, 3.8) is 0 Å². The third kappa shape index (κ3) is 4.07. The van der Waals surface area contributed by atoms with Gasteiger partial charge in [-0.15, -0.1) is 0 Å². The number of amides is 1. The largest absolute Gasteiger partial charge is 0.493 e. The van der Waals surface area contributed by atoms with E-state index in [1.165, 1.54) is 5.56 Å². The van der Waals surface area contributed by atoms with Crippen LogP contribution in [0.1, 0.15) is 32.6 Å². The molecule has 1 amide bonds. The highest BCUT2D eigenvalue weighted by molar-refractivity contribution is 5.94. The fourth-order valence-electron chi connectivity index (χ4n) is 2.59. The molecule has 0 saturated carbocycles. The van der Waals surface area contributed by atoms with Crippen molar-refractivity contribution in [3.05, 3.63) is 58.1 Å². The van der Waals surface area contributed by atoms with Gasteiger partial charge < -0.3 is 14.8 Å². The molecule has 0 aliphatic rings. The first-order valence-electron chi connectivity index (χ1n) is 8.03. The van der Waals surface area contributed by atoms with Crippen LogP contribution in [-0.2, 0) is 6.42 Å². The van der Waals surface area contributed by atoms with E-state index in [4.69, 9.17) is 9.47 Å². The Labute approximate surface area is 143 Å². The number of carbonyl (C=O) groups excluding carboxylic acids is 1. The van der Waals surface area contributed by atoms with Crippen LogP contribution in [0.5, 0.6) is 11.5 Å². The lowest BCUT2D eigenvalue weighted by molar-refractivity contribution is 0.0954. The van der Waals surface area contributed by atoms with Crippen molar-refractivity contribution in [1.29, 1.82) is 0 Å². The summed E-state index contributed by atoms with van der Waals surface area (Å²) in [6.07, 6.45) is 0.739. The van der Waals surface area contributed by atoms with Gasteiger partial charge in [0.2, 0.25) is 0 Å². The second-order valence-corrected chi connectivity index (χ2v) is 5.94. The molecule has 0 bridgehead atoms. The number of hydrogen-bond donors (Lipinski definition) is 1. The highest BCUT2D eigenvalue weighted by atomic mass is 16.5. The van der Waals surface area contributed by atoms with Gasteiger partial charge in [-0.05, 0) is 73.7 Å². The van der Waals surface area contributed by atoms with E-state index in [1.807, 2.05) is 51.1 Å². The molecule has 1 N–H and O–H groups in total. The van der Waals surface area contributed by atoms with Gasteiger partial charge in [0, 0.05) is 12.1 Å². The molecule has 2 aromatic carbocycles. The first-order chi connectivity index (χ1) is 11.5. The number of aryl methyl sites for hydroxylation is 3. The Morgan fingerprint density at radius 1 is 0.917 bits per heavy atom. The molecule has 0 radical (unpaired) electrons. The number of benzene rings is 2. The van der Waals surface area contributed by atoms with Crippen LogP contribution in [-0.4, -0.2) is 26.7 Å². The van der Waals surface area contributed by atoms with E-state index >= 15 is 0 Å². The van der Waals surface area contributed by atoms with E-state index in [9.17, 15) is 4.79 Å². The van der Waals surface area contributed by atoms with E-state index in [0.29, 0.717) is 17.9 Å². The van der Waals surface area contributed by atoms with Gasteiger partial charge in [-0.3, -0.25) is 4.79 Å². The minimum absolute atomic E-state index is 0.0452. The van der Waals surface area contributed by atoms with E-state index in [0.717, 1.165) is 28.9 Å². The van der Waals surface area contributed by atoms with Gasteiger partial charge in [0.1, 0.15) is 0 Å². The molecule has 0 fully saturated rings. The predicted octanol–water partition coefficient (Wildman–Crippen LogP) is 3.60. The number of ether oxygens (including phenoxy) is 2. The molecule has 128 valence electrons. The molecule has 0 heterocycles. The van der Waals surface area contributed by atoms with Gasteiger partial charge in [0.15, 0.2) is 11.5 Å². The van der Waals surface area contributed by atoms with Crippen molar-refractivity contribution in [2.45, 2.75) is 27.2 Å². The smallest absolute Gasteiger partial charge is 0.251 e. The fraction of sp³-hybridized carbons (Fsp3) is 0.350. The third-order valence-electron chi connectivity index (χ3n) is 4.29. The van der Waals surface area contributed by atoms with Crippen LogP contribution in [0.25, 0.3) is 0 Å². The molecule has 4 nitrogen and oxygen atoms in total. The lowest BCUT2D eigenvalue weighted by atomic mass is 10.0. The summed E-state index contributed by atoms with van der Waals surface area (Å²) in [5, 5.41) is 2.98. The Kier molecular flexibility index (Phi) is 5.85. The van der Waals surface area contributed by atoms with Gasteiger partial charge in [0.25, 0.3) is 5.91 Å². The summed E-state index contributed by atoms with van der Waals surface area (Å²) < 4.78 is 10.6. The minimum Gasteiger partial charge on any atom is -0.493 e. The standard InChI is InChI=1S/C20H25NO3/c1-13-6-7-17(10-14(13)2)20(22)21-9-8-16-12-19(24-5)18(23-4)11-15(16)3/h6-7,10-12H,8-9H2,1-5H3,(H,21,22). The van der Waals surface area contributed by atoms with E-state index in [1.54, 1.807) is 14.2 Å². The maximum atomic E-state index is 12.3. The molecular weight excluding hydrogens is 302 g/mol. The van der Waals surface area contributed by atoms with Crippen molar-refractivity contribution < 1.29 is 14.3 Å². The van der Waals surface area contributed by atoms with Crippen LogP contribution in [0.2, 0.25) is 0 Å². The van der Waals surface area contributed by atoms with Gasteiger partial charge in [-0.1, -0.05) is 6.07 Å². The third-order valence-corrected chi connectivity index (χ3v) is 4.29. The Morgan fingerprint density at radius 2 is 1.58 bits per heavy atom. The molecule has 4 heteroatoms. The van der Waals surface area contributed by atoms with Crippen LogP contribution in [0.4, 0.5) is 0 Å². The molecule has 0 atom stereocenters. The van der Waals surface area contributed by atoms with Crippen molar-refractivity contribution in [1.82, 2.24) is 5.32 Å². The van der Waals surface area contributed by atoms with Gasteiger partial charge in [0.05, 0.1) is 14.2 Å². The molecule has 2 rings (SSSR count). The summed E-state index contributed by atoms with van der Waals surface area (Å²) in [6.45, 7) is 6.65. The molecule has 0 unspecified atom stereocenters. The summed E-state index contributed by atoms with van der Waals surface area (Å²) in [5.41, 5.74) is 5.26. The maximum absolute atomic E-state index is 12.3. The Hall–Kier alpha value is -2.49. The Balaban J connectivity index is 2.01. The molecule has 0 aromatic heterocycles. The topological polar surface area (TPSA) is 47.6 Å². The normalized spacial score (nSPS) is 10.4. The summed E-state index contributed by atoms with van der Waals surface area (Å²) in [4.78, 5) is 12.3. The second-order valence-electron chi connectivity index (χ2n) is 5.94. The molecule has 0 spiro atoms. The van der Waals surface area contributed by atoms with E-state index in [2.05, 4.69) is 5.32 Å². The zero-order chi connectivity index (χ0) is 17.7. The van der Waals surface area contributed by atoms with Crippen LogP contribution in [0, 0.1) is 20.8 Å². The quantitative estimate of drug-likeness (QED) is 0.882. The van der Waals surface area contributed by atoms with Crippen LogP contribution < -0.4 is 14.8 Å². The molecule has 0 aliphatic heterocycles. The van der Waals surface area contributed by atoms with Gasteiger partial charge in [-0.2, -0.15) is 0 Å². The van der Waals surface area contributed by atoms with Crippen molar-refractivity contribution >= 4 is 5.91 Å². The fourth-order valence-corrected chi connectivity index (χ4v) is 2.59. The summed E-state index contributed by atoms with van der Waals surface area (Å²) in [5.74, 6) is 1.38. The lowest BCUT2D eigenvalue weighted by Gasteiger charge is -2.13. The molecule has 24 heavy (non-hydrogen) atoms. The highest BCUT2D eigenvalue weighted by Gasteiger charge is 2.10. The predicted molar refractivity (Wildman–Crippen MR) is 96.2 cm³/mol. The van der Waals surface area contributed by atoms with Crippen LogP contribution in [0.15, 0.2) is 30.3 Å². The zero-order valence-corrected chi connectivity index (χ0v) is 15.0. The van der Waals surface area contributed by atoms with Crippen LogP contribution in [0.3, 0.4) is 0 Å². The van der Waals surface area contributed by atoms with E-state index < -0.39 is 0 Å². The zero-order valence-electron chi connectivity index (χ0n) is 15.0. The molecule has 0 aliphatic carbocycles. The average molecular weight is 327 g/mol. The first-order valence-corrected chi connectivity index (χ1v) is 8.03. The van der Waals surface area contributed by atoms with Gasteiger partial charge in [-0.25, -0.2) is 0 Å². The number of rotatable bonds is 6. The summed E-state index contributed by atoms with van der Waals surface area (Å²) in [7, 11) is 3.25. The van der Waals surface area contributed by atoms with E-state index in [-0.39, 0.29) is 5.91 Å². The number of carbonyl (C=O) groups is 1. The molecule has 0 saturated heterocycles. The Morgan fingerprint density at radius 3 is 2.21 bits per heavy atom. The highest BCUT2D eigenvalue weighted by Crippen LogP contribution is 2.30. The van der Waals surface area contributed by atoms with Crippen molar-refractivity contribution in [2.24, 2.45) is 0 Å². The van der Waals surface area contributed by atoms with Crippen molar-refractivity contribution in [2.75, 3.05) is 20.8 Å². The summed E-state index contributed by atoms with van der Waals surface area (Å²) >= 11 is 0. The van der Waals surface area contributed by atoms with Crippen molar-refractivity contribution in [3.8, 4) is 11.5 Å². The summed E-state index contributed by atoms with van der Waals surface area (Å²) in [6, 6.07) is 9.68. The molecule has 2 aromatic rings. The number of hydrogen-bond acceptors (Lipinski definition) is 3. The maximum Gasteiger partial charge on any atom is 0.251 e. The SMILES string of the molecule is COc1cc(C)c(CCNC(=O)c2ccc(C)c(C)c2)cc1OC. The number of nitrogens with one attached hydrogen (secondary N) is 1. The monoisotopic (exact) mass is 327 g/mol. The molecular formula is C20H25NO3. The first kappa shape index (κ1) is 17.9. The average Bonchev–Trinajstić information content (AvgIpc) is 2.58. The lowest BCUT2D eigenvalue weighted by Crippen LogP contribution is -2.26. The Bertz CT molecular complexity index is 738. The number of methoxy groups -OCH3 is 2. The second kappa shape index (κ2) is 7.86. The van der Waals surface area contributed by atoms with Crippen LogP contribution >= 0.6 is 0 Å².